The van der Waals surface area contributed by atoms with Crippen molar-refractivity contribution in [3.05, 3.63) is 71.4 Å². The molecular formula is C24H23N5OS. The van der Waals surface area contributed by atoms with Crippen molar-refractivity contribution in [1.82, 2.24) is 15.0 Å². The van der Waals surface area contributed by atoms with E-state index in [9.17, 15) is 0 Å². The molecule has 6 nitrogen and oxygen atoms in total. The van der Waals surface area contributed by atoms with Crippen molar-refractivity contribution in [3.63, 3.8) is 0 Å². The number of benzene rings is 1. The molecule has 1 aromatic carbocycles. The molecule has 0 amide bonds. The summed E-state index contributed by atoms with van der Waals surface area (Å²) in [5, 5.41) is 5.45. The van der Waals surface area contributed by atoms with Crippen LogP contribution in [0, 0.1) is 11.8 Å². The van der Waals surface area contributed by atoms with Gasteiger partial charge in [-0.1, -0.05) is 42.2 Å². The molecule has 31 heavy (non-hydrogen) atoms. The second-order valence-electron chi connectivity index (χ2n) is 7.02. The lowest BCUT2D eigenvalue weighted by atomic mass is 10.1. The summed E-state index contributed by atoms with van der Waals surface area (Å²) in [7, 11) is 1.63. The molecule has 0 aliphatic carbocycles. The molecule has 0 aliphatic rings. The molecule has 0 aliphatic heterocycles. The van der Waals surface area contributed by atoms with Gasteiger partial charge in [-0.3, -0.25) is 4.98 Å². The van der Waals surface area contributed by atoms with E-state index in [1.54, 1.807) is 30.8 Å². The summed E-state index contributed by atoms with van der Waals surface area (Å²) in [6.45, 7) is 0.971. The number of rotatable bonds is 7. The third-order valence-electron chi connectivity index (χ3n) is 4.67. The molecular weight excluding hydrogens is 406 g/mol. The number of anilines is 1. The predicted octanol–water partition coefficient (Wildman–Crippen LogP) is 3.73. The number of hydrogen-bond donors (Lipinski definition) is 2. The van der Waals surface area contributed by atoms with Gasteiger partial charge in [0.1, 0.15) is 17.9 Å². The summed E-state index contributed by atoms with van der Waals surface area (Å²) >= 11 is 1.57. The quantitative estimate of drug-likeness (QED) is 0.436. The van der Waals surface area contributed by atoms with Crippen LogP contribution in [0.4, 0.5) is 5.82 Å². The van der Waals surface area contributed by atoms with Gasteiger partial charge < -0.3 is 15.8 Å². The van der Waals surface area contributed by atoms with E-state index >= 15 is 0 Å². The standard InChI is InChI=1S/C24H23N5OS/c1-30-13-5-8-19-16-31-22-21(19)28-23(18-9-11-26-12-10-18)29-24(22)27-15-20(25)14-17-6-3-2-4-7-17/h2-4,6-7,9-12,16,20H,13-15,25H2,1H3,(H,27,28,29)/t20-/m0/s1. The van der Waals surface area contributed by atoms with Gasteiger partial charge in [0.2, 0.25) is 0 Å². The Labute approximate surface area is 185 Å². The zero-order valence-electron chi connectivity index (χ0n) is 17.2. The molecule has 3 heterocycles. The van der Waals surface area contributed by atoms with E-state index in [2.05, 4.69) is 34.3 Å². The van der Waals surface area contributed by atoms with Crippen LogP contribution >= 0.6 is 11.3 Å². The highest BCUT2D eigenvalue weighted by Crippen LogP contribution is 2.32. The number of hydrogen-bond acceptors (Lipinski definition) is 7. The van der Waals surface area contributed by atoms with Crippen LogP contribution in [-0.4, -0.2) is 41.3 Å². The third-order valence-corrected chi connectivity index (χ3v) is 5.64. The molecule has 7 heteroatoms. The topological polar surface area (TPSA) is 86.0 Å². The molecule has 0 radical (unpaired) electrons. The maximum Gasteiger partial charge on any atom is 0.162 e. The SMILES string of the molecule is COCC#Cc1csc2c(NC[C@@H](N)Cc3ccccc3)nc(-c3ccncc3)nc12. The lowest BCUT2D eigenvalue weighted by molar-refractivity contribution is 0.240. The minimum atomic E-state index is -0.0438. The highest BCUT2D eigenvalue weighted by Gasteiger charge is 2.15. The van der Waals surface area contributed by atoms with Gasteiger partial charge in [-0.05, 0) is 24.1 Å². The van der Waals surface area contributed by atoms with Crippen molar-refractivity contribution in [1.29, 1.82) is 0 Å². The number of nitrogens with one attached hydrogen (secondary N) is 1. The lowest BCUT2D eigenvalue weighted by Crippen LogP contribution is -2.31. The van der Waals surface area contributed by atoms with E-state index < -0.39 is 0 Å². The fraction of sp³-hybridized carbons (Fsp3) is 0.208. The summed E-state index contributed by atoms with van der Waals surface area (Å²) < 4.78 is 6.01. The summed E-state index contributed by atoms with van der Waals surface area (Å²) in [4.78, 5) is 13.7. The minimum Gasteiger partial charge on any atom is -0.372 e. The molecule has 0 saturated heterocycles. The van der Waals surface area contributed by atoms with Crippen molar-refractivity contribution in [2.24, 2.45) is 5.73 Å². The van der Waals surface area contributed by atoms with E-state index in [0.717, 1.165) is 33.6 Å². The van der Waals surface area contributed by atoms with Crippen LogP contribution < -0.4 is 11.1 Å². The molecule has 3 N–H and O–H groups in total. The maximum atomic E-state index is 6.39. The number of methoxy groups -OCH3 is 1. The van der Waals surface area contributed by atoms with E-state index in [-0.39, 0.29) is 6.04 Å². The van der Waals surface area contributed by atoms with Crippen LogP contribution in [0.2, 0.25) is 0 Å². The van der Waals surface area contributed by atoms with Gasteiger partial charge in [-0.2, -0.15) is 0 Å². The smallest absolute Gasteiger partial charge is 0.162 e. The predicted molar refractivity (Wildman–Crippen MR) is 126 cm³/mol. The van der Waals surface area contributed by atoms with Gasteiger partial charge in [-0.15, -0.1) is 11.3 Å². The van der Waals surface area contributed by atoms with Gasteiger partial charge in [0, 0.05) is 43.0 Å². The first-order valence-corrected chi connectivity index (χ1v) is 10.8. The summed E-state index contributed by atoms with van der Waals surface area (Å²) in [5.41, 5.74) is 10.2. The van der Waals surface area contributed by atoms with Crippen molar-refractivity contribution < 1.29 is 4.74 Å². The normalized spacial score (nSPS) is 11.7. The fourth-order valence-corrected chi connectivity index (χ4v) is 4.08. The van der Waals surface area contributed by atoms with Crippen molar-refractivity contribution in [2.75, 3.05) is 25.6 Å². The van der Waals surface area contributed by atoms with E-state index in [4.69, 9.17) is 20.4 Å². The van der Waals surface area contributed by atoms with Crippen molar-refractivity contribution >= 4 is 27.4 Å². The van der Waals surface area contributed by atoms with Crippen molar-refractivity contribution in [3.8, 4) is 23.2 Å². The summed E-state index contributed by atoms with van der Waals surface area (Å²) in [6.07, 6.45) is 4.26. The number of thiophene rings is 1. The maximum absolute atomic E-state index is 6.39. The Morgan fingerprint density at radius 1 is 1.13 bits per heavy atom. The Morgan fingerprint density at radius 2 is 1.94 bits per heavy atom. The molecule has 0 spiro atoms. The largest absolute Gasteiger partial charge is 0.372 e. The number of pyridine rings is 1. The average molecular weight is 430 g/mol. The molecule has 0 saturated carbocycles. The Balaban J connectivity index is 1.64. The van der Waals surface area contributed by atoms with Gasteiger partial charge >= 0.3 is 0 Å². The summed E-state index contributed by atoms with van der Waals surface area (Å²) in [5.74, 6) is 7.56. The summed E-state index contributed by atoms with van der Waals surface area (Å²) in [6, 6.07) is 14.0. The van der Waals surface area contributed by atoms with Crippen LogP contribution in [0.1, 0.15) is 11.1 Å². The van der Waals surface area contributed by atoms with Gasteiger partial charge in [-0.25, -0.2) is 9.97 Å². The zero-order chi connectivity index (χ0) is 21.5. The average Bonchev–Trinajstić information content (AvgIpc) is 3.22. The second-order valence-corrected chi connectivity index (χ2v) is 7.90. The van der Waals surface area contributed by atoms with Crippen LogP contribution in [0.15, 0.2) is 60.2 Å². The Hall–Kier alpha value is -3.31. The first kappa shape index (κ1) is 20.9. The molecule has 156 valence electrons. The molecule has 0 unspecified atom stereocenters. The first-order chi connectivity index (χ1) is 15.2. The van der Waals surface area contributed by atoms with Gasteiger partial charge in [0.05, 0.1) is 10.3 Å². The van der Waals surface area contributed by atoms with E-state index in [1.165, 1.54) is 5.56 Å². The van der Waals surface area contributed by atoms with Gasteiger partial charge in [0.15, 0.2) is 5.82 Å². The molecule has 4 rings (SSSR count). The monoisotopic (exact) mass is 429 g/mol. The Morgan fingerprint density at radius 3 is 2.71 bits per heavy atom. The fourth-order valence-electron chi connectivity index (χ4n) is 3.18. The third kappa shape index (κ3) is 5.25. The number of nitrogens with zero attached hydrogens (tertiary/aromatic N) is 3. The van der Waals surface area contributed by atoms with Crippen LogP contribution in [-0.2, 0) is 11.2 Å². The number of aromatic nitrogens is 3. The molecule has 4 aromatic rings. The van der Waals surface area contributed by atoms with E-state index in [1.807, 2.05) is 35.7 Å². The zero-order valence-corrected chi connectivity index (χ0v) is 18.0. The first-order valence-electron chi connectivity index (χ1n) is 9.95. The van der Waals surface area contributed by atoms with Crippen LogP contribution in [0.25, 0.3) is 21.6 Å². The van der Waals surface area contributed by atoms with Crippen molar-refractivity contribution in [2.45, 2.75) is 12.5 Å². The number of fused-ring (bicyclic) bond motifs is 1. The number of nitrogens with two attached hydrogens (primary N) is 1. The Kier molecular flexibility index (Phi) is 6.85. The lowest BCUT2D eigenvalue weighted by Gasteiger charge is -2.14. The molecule has 1 atom stereocenters. The highest BCUT2D eigenvalue weighted by atomic mass is 32.1. The van der Waals surface area contributed by atoms with Crippen LogP contribution in [0.3, 0.4) is 0 Å². The number of ether oxygens (including phenoxy) is 1. The molecule has 0 bridgehead atoms. The van der Waals surface area contributed by atoms with Crippen LogP contribution in [0.5, 0.6) is 0 Å². The van der Waals surface area contributed by atoms with Gasteiger partial charge in [0.25, 0.3) is 0 Å². The highest BCUT2D eigenvalue weighted by molar-refractivity contribution is 7.18. The Bertz CT molecular complexity index is 1200. The second kappa shape index (κ2) is 10.1. The molecule has 3 aromatic heterocycles. The molecule has 0 fully saturated rings. The van der Waals surface area contributed by atoms with E-state index in [0.29, 0.717) is 19.0 Å². The minimum absolute atomic E-state index is 0.0438.